The minimum Gasteiger partial charge on any atom is -0.339 e. The molecule has 1 saturated carbocycles. The van der Waals surface area contributed by atoms with Crippen molar-refractivity contribution >= 4 is 21.8 Å². The normalized spacial score (nSPS) is 15.2. The van der Waals surface area contributed by atoms with Crippen LogP contribution >= 0.6 is 15.9 Å². The van der Waals surface area contributed by atoms with Gasteiger partial charge in [0, 0.05) is 17.9 Å². The van der Waals surface area contributed by atoms with E-state index in [-0.39, 0.29) is 18.1 Å². The van der Waals surface area contributed by atoms with Crippen molar-refractivity contribution in [2.24, 2.45) is 0 Å². The second-order valence-electron chi connectivity index (χ2n) is 4.63. The fourth-order valence-electron chi connectivity index (χ4n) is 2.21. The Morgan fingerprint density at radius 1 is 1.39 bits per heavy atom. The van der Waals surface area contributed by atoms with Gasteiger partial charge in [-0.25, -0.2) is 4.39 Å². The summed E-state index contributed by atoms with van der Waals surface area (Å²) in [5.41, 5.74) is 0.487. The van der Waals surface area contributed by atoms with Crippen LogP contribution in [0.15, 0.2) is 24.3 Å². The first kappa shape index (κ1) is 13.5. The van der Waals surface area contributed by atoms with Crippen LogP contribution in [0.2, 0.25) is 0 Å². The van der Waals surface area contributed by atoms with Crippen molar-refractivity contribution in [1.82, 2.24) is 4.90 Å². The van der Waals surface area contributed by atoms with E-state index in [0.29, 0.717) is 18.2 Å². The maximum Gasteiger partial charge on any atom is 0.227 e. The maximum atomic E-state index is 13.5. The summed E-state index contributed by atoms with van der Waals surface area (Å²) >= 11 is 3.37. The van der Waals surface area contributed by atoms with Crippen molar-refractivity contribution in [2.75, 3.05) is 11.9 Å². The van der Waals surface area contributed by atoms with E-state index in [0.717, 1.165) is 18.2 Å². The summed E-state index contributed by atoms with van der Waals surface area (Å²) in [7, 11) is 0. The van der Waals surface area contributed by atoms with Gasteiger partial charge in [0.2, 0.25) is 5.91 Å². The Kier molecular flexibility index (Phi) is 4.75. The highest BCUT2D eigenvalue weighted by molar-refractivity contribution is 9.09. The van der Waals surface area contributed by atoms with Gasteiger partial charge in [-0.15, -0.1) is 0 Å². The van der Waals surface area contributed by atoms with E-state index in [1.807, 2.05) is 4.90 Å². The summed E-state index contributed by atoms with van der Waals surface area (Å²) in [6, 6.07) is 6.86. The van der Waals surface area contributed by atoms with Gasteiger partial charge in [-0.1, -0.05) is 34.1 Å². The number of alkyl halides is 1. The van der Waals surface area contributed by atoms with Crippen molar-refractivity contribution < 1.29 is 9.18 Å². The van der Waals surface area contributed by atoms with Crippen LogP contribution in [-0.2, 0) is 11.2 Å². The summed E-state index contributed by atoms with van der Waals surface area (Å²) in [6.45, 7) is 0.706. The first-order valence-corrected chi connectivity index (χ1v) is 7.43. The van der Waals surface area contributed by atoms with E-state index in [4.69, 9.17) is 0 Å². The van der Waals surface area contributed by atoms with Gasteiger partial charge in [0.1, 0.15) is 5.82 Å². The Hall–Kier alpha value is -0.900. The highest BCUT2D eigenvalue weighted by atomic mass is 79.9. The molecule has 0 heterocycles. The zero-order valence-corrected chi connectivity index (χ0v) is 11.8. The number of hydrogen-bond acceptors (Lipinski definition) is 1. The number of carbonyl (C=O) groups is 1. The molecule has 2 nitrogen and oxygen atoms in total. The molecule has 1 aromatic rings. The molecule has 0 atom stereocenters. The molecule has 1 aliphatic rings. The molecule has 0 N–H and O–H groups in total. The lowest BCUT2D eigenvalue weighted by molar-refractivity contribution is -0.134. The van der Waals surface area contributed by atoms with E-state index >= 15 is 0 Å². The van der Waals surface area contributed by atoms with Crippen LogP contribution in [0, 0.1) is 5.82 Å². The monoisotopic (exact) mass is 313 g/mol. The van der Waals surface area contributed by atoms with E-state index in [9.17, 15) is 9.18 Å². The van der Waals surface area contributed by atoms with E-state index < -0.39 is 0 Å². The van der Waals surface area contributed by atoms with Crippen LogP contribution in [0.4, 0.5) is 4.39 Å². The highest BCUT2D eigenvalue weighted by Crippen LogP contribution is 2.25. The molecule has 2 rings (SSSR count). The molecular formula is C14H17BrFNO. The zero-order chi connectivity index (χ0) is 13.0. The summed E-state index contributed by atoms with van der Waals surface area (Å²) in [5.74, 6) is -0.262. The molecule has 1 aromatic carbocycles. The Morgan fingerprint density at radius 3 is 2.67 bits per heavy atom. The summed E-state index contributed by atoms with van der Waals surface area (Å²) in [4.78, 5) is 14.1. The SMILES string of the molecule is O=C(Cc1ccccc1F)N(CCBr)C1CCC1. The van der Waals surface area contributed by atoms with Gasteiger partial charge in [-0.2, -0.15) is 0 Å². The Labute approximate surface area is 115 Å². The lowest BCUT2D eigenvalue weighted by Gasteiger charge is -2.37. The molecule has 0 aromatic heterocycles. The Balaban J connectivity index is 2.02. The molecule has 98 valence electrons. The molecular weight excluding hydrogens is 297 g/mol. The van der Waals surface area contributed by atoms with Gasteiger partial charge in [0.25, 0.3) is 0 Å². The third-order valence-corrected chi connectivity index (χ3v) is 3.82. The van der Waals surface area contributed by atoms with Gasteiger partial charge in [-0.3, -0.25) is 4.79 Å². The largest absolute Gasteiger partial charge is 0.339 e. The summed E-state index contributed by atoms with van der Waals surface area (Å²) in [6.07, 6.45) is 3.51. The number of rotatable bonds is 5. The van der Waals surface area contributed by atoms with Crippen molar-refractivity contribution in [3.8, 4) is 0 Å². The van der Waals surface area contributed by atoms with Gasteiger partial charge in [-0.05, 0) is 30.9 Å². The molecule has 0 aliphatic heterocycles. The van der Waals surface area contributed by atoms with Crippen LogP contribution in [0.1, 0.15) is 24.8 Å². The molecule has 0 saturated heterocycles. The minimum atomic E-state index is -0.293. The smallest absolute Gasteiger partial charge is 0.227 e. The summed E-state index contributed by atoms with van der Waals surface area (Å²) in [5, 5.41) is 0.770. The first-order valence-electron chi connectivity index (χ1n) is 6.31. The van der Waals surface area contributed by atoms with Gasteiger partial charge in [0.05, 0.1) is 6.42 Å². The second kappa shape index (κ2) is 6.32. The molecule has 4 heteroatoms. The van der Waals surface area contributed by atoms with E-state index in [1.165, 1.54) is 12.5 Å². The lowest BCUT2D eigenvalue weighted by Crippen LogP contribution is -2.45. The predicted molar refractivity (Wildman–Crippen MR) is 73.3 cm³/mol. The van der Waals surface area contributed by atoms with Crippen LogP contribution in [-0.4, -0.2) is 28.7 Å². The van der Waals surface area contributed by atoms with Crippen LogP contribution in [0.25, 0.3) is 0 Å². The average molecular weight is 314 g/mol. The second-order valence-corrected chi connectivity index (χ2v) is 5.42. The average Bonchev–Trinajstić information content (AvgIpc) is 2.29. The Bertz CT molecular complexity index is 420. The number of carbonyl (C=O) groups excluding carboxylic acids is 1. The van der Waals surface area contributed by atoms with Crippen LogP contribution in [0.3, 0.4) is 0 Å². The number of nitrogens with zero attached hydrogens (tertiary/aromatic N) is 1. The summed E-state index contributed by atoms with van der Waals surface area (Å²) < 4.78 is 13.5. The quantitative estimate of drug-likeness (QED) is 0.765. The van der Waals surface area contributed by atoms with Crippen LogP contribution < -0.4 is 0 Å². The fourth-order valence-corrected chi connectivity index (χ4v) is 2.59. The molecule has 18 heavy (non-hydrogen) atoms. The maximum absolute atomic E-state index is 13.5. The van der Waals surface area contributed by atoms with E-state index in [2.05, 4.69) is 15.9 Å². The van der Waals surface area contributed by atoms with Crippen LogP contribution in [0.5, 0.6) is 0 Å². The van der Waals surface area contributed by atoms with Gasteiger partial charge >= 0.3 is 0 Å². The lowest BCUT2D eigenvalue weighted by atomic mass is 9.91. The molecule has 1 amide bonds. The first-order chi connectivity index (χ1) is 8.72. The predicted octanol–water partition coefficient (Wildman–Crippen LogP) is 3.14. The molecule has 0 unspecified atom stereocenters. The topological polar surface area (TPSA) is 20.3 Å². The van der Waals surface area contributed by atoms with Crippen molar-refractivity contribution in [3.05, 3.63) is 35.6 Å². The van der Waals surface area contributed by atoms with Gasteiger partial charge in [0.15, 0.2) is 0 Å². The molecule has 1 fully saturated rings. The molecule has 0 spiro atoms. The third-order valence-electron chi connectivity index (χ3n) is 3.46. The fraction of sp³-hybridized carbons (Fsp3) is 0.500. The number of hydrogen-bond donors (Lipinski definition) is 0. The van der Waals surface area contributed by atoms with Crippen molar-refractivity contribution in [1.29, 1.82) is 0 Å². The van der Waals surface area contributed by atoms with Gasteiger partial charge < -0.3 is 4.90 Å². The zero-order valence-electron chi connectivity index (χ0n) is 10.2. The Morgan fingerprint density at radius 2 is 2.11 bits per heavy atom. The van der Waals surface area contributed by atoms with E-state index in [1.54, 1.807) is 18.2 Å². The highest BCUT2D eigenvalue weighted by Gasteiger charge is 2.28. The molecule has 1 aliphatic carbocycles. The number of amides is 1. The third kappa shape index (κ3) is 3.10. The van der Waals surface area contributed by atoms with Crippen molar-refractivity contribution in [2.45, 2.75) is 31.7 Å². The minimum absolute atomic E-state index is 0.0317. The standard InChI is InChI=1S/C14H17BrFNO/c15-8-9-17(12-5-3-6-12)14(18)10-11-4-1-2-7-13(11)16/h1-2,4,7,12H,3,5-6,8-10H2. The van der Waals surface area contributed by atoms with Crippen molar-refractivity contribution in [3.63, 3.8) is 0 Å². The molecule has 0 bridgehead atoms. The molecule has 0 radical (unpaired) electrons. The number of benzene rings is 1. The number of halogens is 2.